The van der Waals surface area contributed by atoms with Crippen molar-refractivity contribution in [1.29, 1.82) is 0 Å². The lowest BCUT2D eigenvalue weighted by Crippen LogP contribution is -2.27. The van der Waals surface area contributed by atoms with Crippen molar-refractivity contribution in [3.8, 4) is 0 Å². The maximum Gasteiger partial charge on any atom is 0.254 e. The van der Waals surface area contributed by atoms with E-state index in [0.717, 1.165) is 28.2 Å². The second-order valence-electron chi connectivity index (χ2n) is 4.37. The van der Waals surface area contributed by atoms with Crippen LogP contribution in [0.1, 0.15) is 28.9 Å². The van der Waals surface area contributed by atoms with Crippen LogP contribution in [0.15, 0.2) is 46.9 Å². The van der Waals surface area contributed by atoms with E-state index in [9.17, 15) is 13.6 Å². The van der Waals surface area contributed by atoms with E-state index in [4.69, 9.17) is 0 Å². The third-order valence-corrected chi connectivity index (χ3v) is 3.42. The summed E-state index contributed by atoms with van der Waals surface area (Å²) in [4.78, 5) is 11.9. The maximum absolute atomic E-state index is 13.5. The van der Waals surface area contributed by atoms with Crippen molar-refractivity contribution in [1.82, 2.24) is 5.32 Å². The van der Waals surface area contributed by atoms with Crippen LogP contribution in [0, 0.1) is 11.6 Å². The summed E-state index contributed by atoms with van der Waals surface area (Å²) in [7, 11) is 0. The molecule has 2 aromatic rings. The number of halogens is 3. The molecule has 0 heterocycles. The Morgan fingerprint density at radius 1 is 1.15 bits per heavy atom. The average Bonchev–Trinajstić information content (AvgIpc) is 2.42. The molecule has 2 aromatic carbocycles. The topological polar surface area (TPSA) is 29.1 Å². The summed E-state index contributed by atoms with van der Waals surface area (Å²) < 4.78 is 27.5. The molecule has 0 radical (unpaired) electrons. The highest BCUT2D eigenvalue weighted by Gasteiger charge is 2.15. The van der Waals surface area contributed by atoms with Crippen molar-refractivity contribution in [3.05, 3.63) is 69.7 Å². The summed E-state index contributed by atoms with van der Waals surface area (Å²) in [6, 6.07) is 9.88. The highest BCUT2D eigenvalue weighted by Crippen LogP contribution is 2.18. The van der Waals surface area contributed by atoms with Gasteiger partial charge in [0.05, 0.1) is 11.6 Å². The number of hydrogen-bond donors (Lipinski definition) is 1. The van der Waals surface area contributed by atoms with Crippen molar-refractivity contribution >= 4 is 21.8 Å². The van der Waals surface area contributed by atoms with Gasteiger partial charge in [-0.15, -0.1) is 0 Å². The Balaban J connectivity index is 2.15. The molecule has 0 saturated heterocycles. The van der Waals surface area contributed by atoms with Gasteiger partial charge >= 0.3 is 0 Å². The first-order valence-electron chi connectivity index (χ1n) is 5.99. The molecule has 1 atom stereocenters. The standard InChI is InChI=1S/C15H12BrF2NO/c1-9(10-2-4-11(16)5-3-10)19-15(20)13-8-12(17)6-7-14(13)18/h2-9H,1H3,(H,19,20). The molecule has 0 saturated carbocycles. The molecule has 0 fully saturated rings. The lowest BCUT2D eigenvalue weighted by atomic mass is 10.1. The van der Waals surface area contributed by atoms with Crippen LogP contribution in [-0.2, 0) is 0 Å². The van der Waals surface area contributed by atoms with E-state index in [0.29, 0.717) is 0 Å². The van der Waals surface area contributed by atoms with Gasteiger partial charge in [-0.25, -0.2) is 8.78 Å². The minimum Gasteiger partial charge on any atom is -0.345 e. The zero-order valence-corrected chi connectivity index (χ0v) is 12.2. The first-order valence-corrected chi connectivity index (χ1v) is 6.78. The summed E-state index contributed by atoms with van der Waals surface area (Å²) in [6.45, 7) is 1.78. The third-order valence-electron chi connectivity index (χ3n) is 2.89. The smallest absolute Gasteiger partial charge is 0.254 e. The number of rotatable bonds is 3. The van der Waals surface area contributed by atoms with Crippen LogP contribution in [-0.4, -0.2) is 5.91 Å². The Morgan fingerprint density at radius 3 is 2.45 bits per heavy atom. The van der Waals surface area contributed by atoms with E-state index in [1.807, 2.05) is 24.3 Å². The van der Waals surface area contributed by atoms with Crippen LogP contribution in [0.4, 0.5) is 8.78 Å². The molecule has 20 heavy (non-hydrogen) atoms. The fourth-order valence-corrected chi connectivity index (χ4v) is 2.05. The SMILES string of the molecule is CC(NC(=O)c1cc(F)ccc1F)c1ccc(Br)cc1. The van der Waals surface area contributed by atoms with Crippen LogP contribution < -0.4 is 5.32 Å². The van der Waals surface area contributed by atoms with Gasteiger partial charge in [0.1, 0.15) is 11.6 Å². The van der Waals surface area contributed by atoms with Crippen molar-refractivity contribution in [2.24, 2.45) is 0 Å². The molecule has 0 aliphatic rings. The molecular weight excluding hydrogens is 328 g/mol. The predicted molar refractivity (Wildman–Crippen MR) is 76.4 cm³/mol. The third kappa shape index (κ3) is 3.42. The summed E-state index contributed by atoms with van der Waals surface area (Å²) >= 11 is 3.32. The van der Waals surface area contributed by atoms with E-state index in [2.05, 4.69) is 21.2 Å². The molecule has 0 spiro atoms. The largest absolute Gasteiger partial charge is 0.345 e. The maximum atomic E-state index is 13.5. The fourth-order valence-electron chi connectivity index (χ4n) is 1.78. The molecule has 0 aliphatic carbocycles. The molecule has 0 aromatic heterocycles. The summed E-state index contributed by atoms with van der Waals surface area (Å²) in [5.41, 5.74) is 0.576. The molecule has 0 aliphatic heterocycles. The van der Waals surface area contributed by atoms with E-state index in [-0.39, 0.29) is 11.6 Å². The van der Waals surface area contributed by atoms with E-state index in [1.165, 1.54) is 0 Å². The van der Waals surface area contributed by atoms with Gasteiger partial charge in [-0.1, -0.05) is 28.1 Å². The molecule has 104 valence electrons. The zero-order valence-electron chi connectivity index (χ0n) is 10.7. The van der Waals surface area contributed by atoms with Gasteiger partial charge in [0, 0.05) is 4.47 Å². The van der Waals surface area contributed by atoms with Gasteiger partial charge in [-0.2, -0.15) is 0 Å². The molecule has 0 bridgehead atoms. The average molecular weight is 340 g/mol. The van der Waals surface area contributed by atoms with E-state index in [1.54, 1.807) is 6.92 Å². The van der Waals surface area contributed by atoms with Gasteiger partial charge in [-0.3, -0.25) is 4.79 Å². The van der Waals surface area contributed by atoms with E-state index >= 15 is 0 Å². The monoisotopic (exact) mass is 339 g/mol. The number of hydrogen-bond acceptors (Lipinski definition) is 1. The van der Waals surface area contributed by atoms with Crippen LogP contribution >= 0.6 is 15.9 Å². The first kappa shape index (κ1) is 14.7. The highest BCUT2D eigenvalue weighted by atomic mass is 79.9. The summed E-state index contributed by atoms with van der Waals surface area (Å²) in [5.74, 6) is -2.03. The lowest BCUT2D eigenvalue weighted by Gasteiger charge is -2.14. The second kappa shape index (κ2) is 6.13. The Bertz CT molecular complexity index is 628. The summed E-state index contributed by atoms with van der Waals surface area (Å²) in [6.07, 6.45) is 0. The van der Waals surface area contributed by atoms with E-state index < -0.39 is 17.5 Å². The molecule has 1 unspecified atom stereocenters. The van der Waals surface area contributed by atoms with Crippen molar-refractivity contribution in [2.45, 2.75) is 13.0 Å². The Kier molecular flexibility index (Phi) is 4.49. The van der Waals surface area contributed by atoms with Gasteiger partial charge in [-0.05, 0) is 42.8 Å². The van der Waals surface area contributed by atoms with Crippen molar-refractivity contribution in [3.63, 3.8) is 0 Å². The Morgan fingerprint density at radius 2 is 1.80 bits per heavy atom. The van der Waals surface area contributed by atoms with Crippen LogP contribution in [0.2, 0.25) is 0 Å². The number of amides is 1. The van der Waals surface area contributed by atoms with Gasteiger partial charge in [0.2, 0.25) is 0 Å². The number of carbonyl (C=O) groups excluding carboxylic acids is 1. The van der Waals surface area contributed by atoms with Crippen molar-refractivity contribution < 1.29 is 13.6 Å². The van der Waals surface area contributed by atoms with Gasteiger partial charge in [0.15, 0.2) is 0 Å². The van der Waals surface area contributed by atoms with Crippen LogP contribution in [0.3, 0.4) is 0 Å². The predicted octanol–water partition coefficient (Wildman–Crippen LogP) is 4.22. The zero-order chi connectivity index (χ0) is 14.7. The second-order valence-corrected chi connectivity index (χ2v) is 5.29. The van der Waals surface area contributed by atoms with Gasteiger partial charge < -0.3 is 5.32 Å². The minimum atomic E-state index is -0.744. The number of nitrogens with one attached hydrogen (secondary N) is 1. The normalized spacial score (nSPS) is 12.0. The molecule has 1 amide bonds. The fraction of sp³-hybridized carbons (Fsp3) is 0.133. The van der Waals surface area contributed by atoms with Gasteiger partial charge in [0.25, 0.3) is 5.91 Å². The summed E-state index contributed by atoms with van der Waals surface area (Å²) in [5, 5.41) is 2.64. The molecule has 1 N–H and O–H groups in total. The molecule has 5 heteroatoms. The Hall–Kier alpha value is -1.75. The number of carbonyl (C=O) groups is 1. The highest BCUT2D eigenvalue weighted by molar-refractivity contribution is 9.10. The van der Waals surface area contributed by atoms with Crippen LogP contribution in [0.5, 0.6) is 0 Å². The molecule has 2 nitrogen and oxygen atoms in total. The lowest BCUT2D eigenvalue weighted by molar-refractivity contribution is 0.0935. The van der Waals surface area contributed by atoms with Crippen LogP contribution in [0.25, 0.3) is 0 Å². The Labute approximate surface area is 123 Å². The quantitative estimate of drug-likeness (QED) is 0.891. The first-order chi connectivity index (χ1) is 9.47. The molecule has 2 rings (SSSR count). The number of benzene rings is 2. The van der Waals surface area contributed by atoms with Crippen molar-refractivity contribution in [2.75, 3.05) is 0 Å². The minimum absolute atomic E-state index is 0.297. The molecular formula is C15H12BrF2NO.